The molecule has 136 valence electrons. The Balaban J connectivity index is 1.82. The van der Waals surface area contributed by atoms with Crippen LogP contribution in [0.1, 0.15) is 30.7 Å². The van der Waals surface area contributed by atoms with Crippen molar-refractivity contribution >= 4 is 45.2 Å². The van der Waals surface area contributed by atoms with Gasteiger partial charge in [0.05, 0.1) is 5.75 Å². The first kappa shape index (κ1) is 19.7. The first-order valence-corrected chi connectivity index (χ1v) is 9.94. The SMILES string of the molecule is Cc1sc2ncnc(SCC(=O)OCC(=O)NCCC(C)C)c2c1C. The molecule has 0 spiro atoms. The Labute approximate surface area is 155 Å². The first-order valence-electron chi connectivity index (χ1n) is 8.14. The normalized spacial score (nSPS) is 11.1. The second-order valence-corrected chi connectivity index (χ2v) is 8.29. The van der Waals surface area contributed by atoms with Gasteiger partial charge in [-0.3, -0.25) is 9.59 Å². The molecule has 0 aliphatic carbocycles. The number of esters is 1. The van der Waals surface area contributed by atoms with E-state index in [0.717, 1.165) is 27.2 Å². The van der Waals surface area contributed by atoms with E-state index in [1.54, 1.807) is 11.3 Å². The van der Waals surface area contributed by atoms with Crippen LogP contribution in [0.5, 0.6) is 0 Å². The van der Waals surface area contributed by atoms with E-state index in [-0.39, 0.29) is 18.3 Å². The van der Waals surface area contributed by atoms with E-state index in [4.69, 9.17) is 4.74 Å². The Kier molecular flexibility index (Phi) is 7.19. The third-order valence-electron chi connectivity index (χ3n) is 3.67. The molecular weight excluding hydrogens is 358 g/mol. The van der Waals surface area contributed by atoms with Crippen molar-refractivity contribution in [2.75, 3.05) is 18.9 Å². The van der Waals surface area contributed by atoms with Crippen LogP contribution in [0, 0.1) is 19.8 Å². The van der Waals surface area contributed by atoms with E-state index < -0.39 is 5.97 Å². The number of ether oxygens (including phenoxy) is 1. The number of carbonyl (C=O) groups excluding carboxylic acids is 2. The standard InChI is InChI=1S/C17H23N3O3S2/c1-10(2)5-6-18-13(21)7-23-14(22)8-24-16-15-11(3)12(4)25-17(15)20-9-19-16/h9-10H,5-8H2,1-4H3,(H,18,21). The largest absolute Gasteiger partial charge is 0.455 e. The Bertz CT molecular complexity index is 759. The number of aromatic nitrogens is 2. The lowest BCUT2D eigenvalue weighted by atomic mass is 10.1. The van der Waals surface area contributed by atoms with Crippen LogP contribution in [0.15, 0.2) is 11.4 Å². The van der Waals surface area contributed by atoms with Crippen molar-refractivity contribution in [1.82, 2.24) is 15.3 Å². The molecule has 0 aliphatic rings. The molecule has 2 aromatic rings. The van der Waals surface area contributed by atoms with Crippen LogP contribution < -0.4 is 5.32 Å². The average Bonchev–Trinajstić information content (AvgIpc) is 2.85. The van der Waals surface area contributed by atoms with E-state index in [1.165, 1.54) is 23.0 Å². The highest BCUT2D eigenvalue weighted by molar-refractivity contribution is 8.00. The zero-order chi connectivity index (χ0) is 18.4. The van der Waals surface area contributed by atoms with Crippen molar-refractivity contribution in [2.24, 2.45) is 5.92 Å². The molecule has 0 saturated carbocycles. The summed E-state index contributed by atoms with van der Waals surface area (Å²) >= 11 is 2.93. The van der Waals surface area contributed by atoms with Crippen molar-refractivity contribution in [3.8, 4) is 0 Å². The van der Waals surface area contributed by atoms with Gasteiger partial charge in [0.1, 0.15) is 16.2 Å². The Morgan fingerprint density at radius 3 is 2.80 bits per heavy atom. The molecule has 0 atom stereocenters. The summed E-state index contributed by atoms with van der Waals surface area (Å²) in [7, 11) is 0. The molecule has 6 nitrogen and oxygen atoms in total. The number of nitrogens with one attached hydrogen (secondary N) is 1. The van der Waals surface area contributed by atoms with Gasteiger partial charge in [-0.05, 0) is 31.7 Å². The minimum Gasteiger partial charge on any atom is -0.455 e. The van der Waals surface area contributed by atoms with Crippen LogP contribution in [0.4, 0.5) is 0 Å². The molecule has 0 unspecified atom stereocenters. The summed E-state index contributed by atoms with van der Waals surface area (Å²) in [4.78, 5) is 34.1. The fraction of sp³-hybridized carbons (Fsp3) is 0.529. The number of thiophene rings is 1. The zero-order valence-electron chi connectivity index (χ0n) is 14.9. The molecule has 25 heavy (non-hydrogen) atoms. The number of amides is 1. The predicted octanol–water partition coefficient (Wildman–Crippen LogP) is 3.11. The van der Waals surface area contributed by atoms with Gasteiger partial charge in [0.15, 0.2) is 6.61 Å². The fourth-order valence-electron chi connectivity index (χ4n) is 2.13. The number of hydrogen-bond acceptors (Lipinski definition) is 7. The van der Waals surface area contributed by atoms with Crippen molar-refractivity contribution in [3.05, 3.63) is 16.8 Å². The fourth-order valence-corrected chi connectivity index (χ4v) is 4.04. The average molecular weight is 382 g/mol. The van der Waals surface area contributed by atoms with Crippen molar-refractivity contribution < 1.29 is 14.3 Å². The molecular formula is C17H23N3O3S2. The predicted molar refractivity (Wildman–Crippen MR) is 101 cm³/mol. The van der Waals surface area contributed by atoms with Crippen molar-refractivity contribution in [1.29, 1.82) is 0 Å². The van der Waals surface area contributed by atoms with Gasteiger partial charge in [0.2, 0.25) is 0 Å². The van der Waals surface area contributed by atoms with E-state index in [2.05, 4.69) is 29.1 Å². The van der Waals surface area contributed by atoms with E-state index in [9.17, 15) is 9.59 Å². The van der Waals surface area contributed by atoms with Gasteiger partial charge in [-0.2, -0.15) is 0 Å². The van der Waals surface area contributed by atoms with Gasteiger partial charge in [0.25, 0.3) is 5.91 Å². The molecule has 0 bridgehead atoms. The van der Waals surface area contributed by atoms with E-state index in [0.29, 0.717) is 12.5 Å². The maximum atomic E-state index is 11.9. The maximum absolute atomic E-state index is 11.9. The Morgan fingerprint density at radius 2 is 2.08 bits per heavy atom. The molecule has 8 heteroatoms. The Morgan fingerprint density at radius 1 is 1.32 bits per heavy atom. The highest BCUT2D eigenvalue weighted by Gasteiger charge is 2.14. The Hall–Kier alpha value is -1.67. The van der Waals surface area contributed by atoms with Gasteiger partial charge < -0.3 is 10.1 Å². The monoisotopic (exact) mass is 381 g/mol. The third-order valence-corrected chi connectivity index (χ3v) is 5.74. The highest BCUT2D eigenvalue weighted by atomic mass is 32.2. The second-order valence-electron chi connectivity index (χ2n) is 6.12. The summed E-state index contributed by atoms with van der Waals surface area (Å²) in [6.07, 6.45) is 2.41. The number of rotatable bonds is 8. The van der Waals surface area contributed by atoms with E-state index in [1.807, 2.05) is 13.8 Å². The molecule has 2 heterocycles. The van der Waals surface area contributed by atoms with Gasteiger partial charge in [-0.15, -0.1) is 11.3 Å². The lowest BCUT2D eigenvalue weighted by Crippen LogP contribution is -2.30. The quantitative estimate of drug-likeness (QED) is 0.430. The van der Waals surface area contributed by atoms with Crippen molar-refractivity contribution in [3.63, 3.8) is 0 Å². The molecule has 1 amide bonds. The topological polar surface area (TPSA) is 81.2 Å². The van der Waals surface area contributed by atoms with Crippen molar-refractivity contribution in [2.45, 2.75) is 39.1 Å². The number of fused-ring (bicyclic) bond motifs is 1. The maximum Gasteiger partial charge on any atom is 0.316 e. The van der Waals surface area contributed by atoms with E-state index >= 15 is 0 Å². The van der Waals surface area contributed by atoms with Crippen LogP contribution in [0.3, 0.4) is 0 Å². The molecule has 0 fully saturated rings. The summed E-state index contributed by atoms with van der Waals surface area (Å²) in [6, 6.07) is 0. The molecule has 2 rings (SSSR count). The molecule has 2 aromatic heterocycles. The lowest BCUT2D eigenvalue weighted by Gasteiger charge is -2.08. The van der Waals surface area contributed by atoms with Gasteiger partial charge in [0, 0.05) is 16.8 Å². The number of carbonyl (C=O) groups is 2. The molecule has 0 aliphatic heterocycles. The summed E-state index contributed by atoms with van der Waals surface area (Å²) in [5.41, 5.74) is 1.14. The molecule has 0 aromatic carbocycles. The number of aryl methyl sites for hydroxylation is 2. The highest BCUT2D eigenvalue weighted by Crippen LogP contribution is 2.34. The second kappa shape index (κ2) is 9.15. The van der Waals surface area contributed by atoms with Crippen LogP contribution in [0.25, 0.3) is 10.2 Å². The summed E-state index contributed by atoms with van der Waals surface area (Å²) in [5, 5.41) is 4.50. The molecule has 0 saturated heterocycles. The summed E-state index contributed by atoms with van der Waals surface area (Å²) in [6.45, 7) is 8.60. The molecule has 1 N–H and O–H groups in total. The summed E-state index contributed by atoms with van der Waals surface area (Å²) in [5.74, 6) is -0.0686. The number of thioether (sulfide) groups is 1. The van der Waals surface area contributed by atoms with Gasteiger partial charge >= 0.3 is 5.97 Å². The third kappa shape index (κ3) is 5.67. The number of hydrogen-bond donors (Lipinski definition) is 1. The lowest BCUT2D eigenvalue weighted by molar-refractivity contribution is -0.145. The number of nitrogens with zero attached hydrogens (tertiary/aromatic N) is 2. The smallest absolute Gasteiger partial charge is 0.316 e. The zero-order valence-corrected chi connectivity index (χ0v) is 16.6. The minimum atomic E-state index is -0.430. The first-order chi connectivity index (χ1) is 11.9. The van der Waals surface area contributed by atoms with Crippen LogP contribution >= 0.6 is 23.1 Å². The van der Waals surface area contributed by atoms with Gasteiger partial charge in [-0.25, -0.2) is 9.97 Å². The van der Waals surface area contributed by atoms with Crippen LogP contribution in [0.2, 0.25) is 0 Å². The minimum absolute atomic E-state index is 0.111. The van der Waals surface area contributed by atoms with Crippen LogP contribution in [-0.2, 0) is 14.3 Å². The summed E-state index contributed by atoms with van der Waals surface area (Å²) < 4.78 is 5.02. The van der Waals surface area contributed by atoms with Crippen LogP contribution in [-0.4, -0.2) is 40.7 Å². The molecule has 0 radical (unpaired) electrons. The van der Waals surface area contributed by atoms with Gasteiger partial charge in [-0.1, -0.05) is 25.6 Å².